The summed E-state index contributed by atoms with van der Waals surface area (Å²) < 4.78 is 1.13. The third-order valence-corrected chi connectivity index (χ3v) is 3.45. The molecule has 1 saturated carbocycles. The van der Waals surface area contributed by atoms with E-state index in [0.29, 0.717) is 18.2 Å². The fourth-order valence-corrected chi connectivity index (χ4v) is 2.18. The molecule has 1 aliphatic rings. The van der Waals surface area contributed by atoms with Crippen LogP contribution in [0.4, 0.5) is 5.69 Å². The molecule has 1 fully saturated rings. The highest BCUT2D eigenvalue weighted by atomic mass is 35.5. The van der Waals surface area contributed by atoms with Crippen LogP contribution >= 0.6 is 11.6 Å². The van der Waals surface area contributed by atoms with Crippen molar-refractivity contribution < 1.29 is 10.2 Å². The first kappa shape index (κ1) is 13.3. The van der Waals surface area contributed by atoms with Gasteiger partial charge in [-0.2, -0.15) is 5.10 Å². The van der Waals surface area contributed by atoms with Gasteiger partial charge >= 0.3 is 0 Å². The van der Waals surface area contributed by atoms with Crippen LogP contribution in [0.3, 0.4) is 0 Å². The van der Waals surface area contributed by atoms with E-state index >= 15 is 0 Å². The van der Waals surface area contributed by atoms with E-state index in [2.05, 4.69) is 10.4 Å². The number of hydrogen-bond donors (Lipinski definition) is 3. The predicted molar refractivity (Wildman–Crippen MR) is 67.8 cm³/mol. The lowest BCUT2D eigenvalue weighted by molar-refractivity contribution is 0.0487. The average Bonchev–Trinajstić information content (AvgIpc) is 2.31. The largest absolute Gasteiger partial charge is 0.394 e. The molecular formula is C11H16ClN3O3. The van der Waals surface area contributed by atoms with E-state index in [4.69, 9.17) is 21.8 Å². The summed E-state index contributed by atoms with van der Waals surface area (Å²) in [6.07, 6.45) is 2.84. The molecule has 0 unspecified atom stereocenters. The van der Waals surface area contributed by atoms with Crippen LogP contribution in [0.15, 0.2) is 11.0 Å². The average molecular weight is 274 g/mol. The Morgan fingerprint density at radius 3 is 2.89 bits per heavy atom. The highest BCUT2D eigenvalue weighted by molar-refractivity contribution is 6.32. The molecule has 1 aromatic rings. The Balaban J connectivity index is 2.00. The molecule has 0 radical (unpaired) electrons. The van der Waals surface area contributed by atoms with Crippen molar-refractivity contribution in [1.82, 2.24) is 9.78 Å². The monoisotopic (exact) mass is 273 g/mol. The summed E-state index contributed by atoms with van der Waals surface area (Å²) in [4.78, 5) is 11.7. The van der Waals surface area contributed by atoms with E-state index in [1.165, 1.54) is 6.20 Å². The predicted octanol–water partition coefficient (Wildman–Crippen LogP) is 0.0718. The van der Waals surface area contributed by atoms with Crippen molar-refractivity contribution in [2.75, 3.05) is 18.5 Å². The van der Waals surface area contributed by atoms with E-state index in [1.807, 2.05) is 0 Å². The van der Waals surface area contributed by atoms with E-state index < -0.39 is 5.56 Å². The molecule has 0 aliphatic heterocycles. The maximum Gasteiger partial charge on any atom is 0.287 e. The summed E-state index contributed by atoms with van der Waals surface area (Å²) in [6.45, 7) is 0.644. The van der Waals surface area contributed by atoms with Crippen LogP contribution in [0, 0.1) is 5.92 Å². The SMILES string of the molecule is O=c1c(Cl)c(NCC2CC(O)C2)cnn1CCO. The van der Waals surface area contributed by atoms with Crippen LogP contribution in [0.1, 0.15) is 12.8 Å². The molecule has 0 saturated heterocycles. The molecule has 0 atom stereocenters. The summed E-state index contributed by atoms with van der Waals surface area (Å²) in [7, 11) is 0. The zero-order valence-electron chi connectivity index (χ0n) is 9.84. The van der Waals surface area contributed by atoms with Gasteiger partial charge in [0.2, 0.25) is 0 Å². The molecule has 0 aromatic carbocycles. The number of anilines is 1. The fourth-order valence-electron chi connectivity index (χ4n) is 1.96. The molecule has 7 heteroatoms. The van der Waals surface area contributed by atoms with Crippen molar-refractivity contribution in [2.24, 2.45) is 5.92 Å². The first-order valence-corrected chi connectivity index (χ1v) is 6.28. The molecule has 1 aromatic heterocycles. The summed E-state index contributed by atoms with van der Waals surface area (Å²) in [5.41, 5.74) is 0.0848. The van der Waals surface area contributed by atoms with Crippen LogP contribution < -0.4 is 10.9 Å². The minimum absolute atomic E-state index is 0.0818. The number of aromatic nitrogens is 2. The van der Waals surface area contributed by atoms with E-state index in [0.717, 1.165) is 17.5 Å². The summed E-state index contributed by atoms with van der Waals surface area (Å²) >= 11 is 5.94. The minimum atomic E-state index is -0.413. The maximum atomic E-state index is 11.7. The topological polar surface area (TPSA) is 87.4 Å². The number of rotatable bonds is 5. The molecule has 100 valence electrons. The number of aliphatic hydroxyl groups excluding tert-OH is 2. The highest BCUT2D eigenvalue weighted by Gasteiger charge is 2.26. The van der Waals surface area contributed by atoms with Crippen molar-refractivity contribution in [3.05, 3.63) is 21.6 Å². The number of nitrogens with zero attached hydrogens (tertiary/aromatic N) is 2. The summed E-state index contributed by atoms with van der Waals surface area (Å²) in [5, 5.41) is 25.0. The van der Waals surface area contributed by atoms with Crippen LogP contribution in [0.5, 0.6) is 0 Å². The van der Waals surface area contributed by atoms with Crippen molar-refractivity contribution in [3.63, 3.8) is 0 Å². The van der Waals surface area contributed by atoms with Gasteiger partial charge < -0.3 is 15.5 Å². The van der Waals surface area contributed by atoms with Gasteiger partial charge in [0.05, 0.1) is 31.1 Å². The standard InChI is InChI=1S/C11H16ClN3O3/c12-10-9(13-5-7-3-8(17)4-7)6-14-15(1-2-16)11(10)18/h6-8,13,16-17H,1-5H2. The second-order valence-electron chi connectivity index (χ2n) is 4.50. The molecule has 0 spiro atoms. The Kier molecular flexibility index (Phi) is 4.21. The molecule has 2 rings (SSSR count). The third kappa shape index (κ3) is 2.82. The first-order chi connectivity index (χ1) is 8.61. The quantitative estimate of drug-likeness (QED) is 0.707. The van der Waals surface area contributed by atoms with Gasteiger partial charge in [0, 0.05) is 6.54 Å². The van der Waals surface area contributed by atoms with E-state index in [-0.39, 0.29) is 24.3 Å². The van der Waals surface area contributed by atoms with E-state index in [1.54, 1.807) is 0 Å². The molecule has 18 heavy (non-hydrogen) atoms. The van der Waals surface area contributed by atoms with Gasteiger partial charge in [0.1, 0.15) is 5.02 Å². The van der Waals surface area contributed by atoms with E-state index in [9.17, 15) is 4.79 Å². The Labute approximate surface area is 109 Å². The van der Waals surface area contributed by atoms with Gasteiger partial charge in [0.25, 0.3) is 5.56 Å². The third-order valence-electron chi connectivity index (χ3n) is 3.09. The van der Waals surface area contributed by atoms with Crippen LogP contribution in [0.2, 0.25) is 5.02 Å². The van der Waals surface area contributed by atoms with Gasteiger partial charge in [0.15, 0.2) is 0 Å². The molecule has 0 amide bonds. The lowest BCUT2D eigenvalue weighted by Crippen LogP contribution is -2.33. The normalized spacial score (nSPS) is 22.6. The Hall–Kier alpha value is -1.11. The molecule has 1 aliphatic carbocycles. The number of hydrogen-bond acceptors (Lipinski definition) is 5. The first-order valence-electron chi connectivity index (χ1n) is 5.90. The van der Waals surface area contributed by atoms with Gasteiger partial charge in [-0.05, 0) is 18.8 Å². The highest BCUT2D eigenvalue weighted by Crippen LogP contribution is 2.27. The Bertz CT molecular complexity index is 471. The molecular weight excluding hydrogens is 258 g/mol. The van der Waals surface area contributed by atoms with Crippen molar-refractivity contribution in [2.45, 2.75) is 25.5 Å². The summed E-state index contributed by atoms with van der Waals surface area (Å²) in [6, 6.07) is 0. The second kappa shape index (κ2) is 5.69. The molecule has 6 nitrogen and oxygen atoms in total. The number of aliphatic hydroxyl groups is 2. The second-order valence-corrected chi connectivity index (χ2v) is 4.87. The van der Waals surface area contributed by atoms with Crippen molar-refractivity contribution in [1.29, 1.82) is 0 Å². The minimum Gasteiger partial charge on any atom is -0.394 e. The van der Waals surface area contributed by atoms with Crippen molar-refractivity contribution in [3.8, 4) is 0 Å². The van der Waals surface area contributed by atoms with Gasteiger partial charge in [-0.1, -0.05) is 11.6 Å². The number of halogens is 1. The lowest BCUT2D eigenvalue weighted by Gasteiger charge is -2.31. The lowest BCUT2D eigenvalue weighted by atomic mass is 9.82. The maximum absolute atomic E-state index is 11.7. The Morgan fingerprint density at radius 2 is 2.28 bits per heavy atom. The van der Waals surface area contributed by atoms with Gasteiger partial charge in [-0.15, -0.1) is 0 Å². The fraction of sp³-hybridized carbons (Fsp3) is 0.636. The van der Waals surface area contributed by atoms with Crippen LogP contribution in [0.25, 0.3) is 0 Å². The smallest absolute Gasteiger partial charge is 0.287 e. The number of nitrogens with one attached hydrogen (secondary N) is 1. The van der Waals surface area contributed by atoms with Crippen LogP contribution in [-0.2, 0) is 6.54 Å². The molecule has 3 N–H and O–H groups in total. The molecule has 1 heterocycles. The van der Waals surface area contributed by atoms with Gasteiger partial charge in [-0.25, -0.2) is 4.68 Å². The van der Waals surface area contributed by atoms with Crippen molar-refractivity contribution >= 4 is 17.3 Å². The summed E-state index contributed by atoms with van der Waals surface area (Å²) in [5.74, 6) is 0.413. The van der Waals surface area contributed by atoms with Crippen LogP contribution in [-0.4, -0.2) is 39.2 Å². The zero-order valence-corrected chi connectivity index (χ0v) is 10.6. The van der Waals surface area contributed by atoms with Gasteiger partial charge in [-0.3, -0.25) is 4.79 Å². The zero-order chi connectivity index (χ0) is 13.1. The molecule has 0 bridgehead atoms. The Morgan fingerprint density at radius 1 is 1.56 bits per heavy atom.